The summed E-state index contributed by atoms with van der Waals surface area (Å²) in [6.45, 7) is 6.32. The van der Waals surface area contributed by atoms with Crippen LogP contribution in [-0.4, -0.2) is 42.9 Å². The zero-order valence-corrected chi connectivity index (χ0v) is 22.4. The Morgan fingerprint density at radius 3 is 2.57 bits per heavy atom. The summed E-state index contributed by atoms with van der Waals surface area (Å²) in [5.74, 6) is 1.08. The number of allylic oxidation sites excluding steroid dienone is 1. The summed E-state index contributed by atoms with van der Waals surface area (Å²) in [5, 5.41) is 2.72. The molecular weight excluding hydrogens is 483 g/mol. The molecule has 0 bridgehead atoms. The zero-order chi connectivity index (χ0) is 26.6. The molecule has 5 aliphatic rings. The number of carbonyl (C=O) groups excluding carboxylic acids is 2. The van der Waals surface area contributed by atoms with Crippen molar-refractivity contribution in [2.75, 3.05) is 6.61 Å². The first-order valence-corrected chi connectivity index (χ1v) is 14.3. The van der Waals surface area contributed by atoms with E-state index in [9.17, 15) is 22.8 Å². The minimum absolute atomic E-state index is 0.0610. The molecular formula is C29H42F3NO4. The Morgan fingerprint density at radius 1 is 1.08 bits per heavy atom. The number of halogens is 3. The summed E-state index contributed by atoms with van der Waals surface area (Å²) in [7, 11) is 0. The van der Waals surface area contributed by atoms with Gasteiger partial charge in [-0.3, -0.25) is 9.59 Å². The minimum atomic E-state index is -4.60. The van der Waals surface area contributed by atoms with Crippen molar-refractivity contribution in [2.24, 2.45) is 34.5 Å². The number of rotatable bonds is 5. The molecule has 4 fully saturated rings. The van der Waals surface area contributed by atoms with Crippen LogP contribution in [0.15, 0.2) is 11.6 Å². The van der Waals surface area contributed by atoms with Crippen LogP contribution in [0.2, 0.25) is 0 Å². The van der Waals surface area contributed by atoms with Gasteiger partial charge in [0.05, 0.1) is 6.04 Å². The van der Waals surface area contributed by atoms with E-state index < -0.39 is 24.6 Å². The van der Waals surface area contributed by atoms with Crippen molar-refractivity contribution < 1.29 is 32.2 Å². The summed E-state index contributed by atoms with van der Waals surface area (Å²) >= 11 is 0. The van der Waals surface area contributed by atoms with Gasteiger partial charge >= 0.3 is 6.18 Å². The predicted molar refractivity (Wildman–Crippen MR) is 132 cm³/mol. The second kappa shape index (κ2) is 9.96. The lowest BCUT2D eigenvalue weighted by molar-refractivity contribution is -0.283. The highest BCUT2D eigenvalue weighted by Gasteiger charge is 2.60. The highest BCUT2D eigenvalue weighted by molar-refractivity contribution is 5.91. The van der Waals surface area contributed by atoms with Crippen LogP contribution in [0, 0.1) is 34.5 Å². The van der Waals surface area contributed by atoms with Crippen molar-refractivity contribution in [1.82, 2.24) is 5.32 Å². The average molecular weight is 526 g/mol. The van der Waals surface area contributed by atoms with Crippen LogP contribution in [-0.2, 0) is 19.1 Å². The van der Waals surface area contributed by atoms with E-state index in [2.05, 4.69) is 19.2 Å². The Labute approximate surface area is 218 Å². The number of carbonyl (C=O) groups is 2. The molecule has 37 heavy (non-hydrogen) atoms. The Bertz CT molecular complexity index is 929. The van der Waals surface area contributed by atoms with E-state index in [-0.39, 0.29) is 28.4 Å². The van der Waals surface area contributed by atoms with E-state index >= 15 is 0 Å². The number of alkyl halides is 3. The number of hydrogen-bond acceptors (Lipinski definition) is 4. The van der Waals surface area contributed by atoms with Gasteiger partial charge in [-0.15, -0.1) is 0 Å². The van der Waals surface area contributed by atoms with Crippen molar-refractivity contribution in [1.29, 1.82) is 0 Å². The standard InChI is InChI=1S/C29H42F3NO4/c1-17(25(29(30,31)32)37-24-6-4-5-15-36-24)33-26(35)23-10-9-21-20-8-7-18-16-19(34)11-13-27(18,2)22(20)12-14-28(21,23)3/h16-17,20-25H,4-15H2,1-3H3,(H,33,35)/t17?,20-,21-,22-,23+,24?,25?,27-,28-/m0/s1. The summed E-state index contributed by atoms with van der Waals surface area (Å²) in [6, 6.07) is -1.20. The van der Waals surface area contributed by atoms with E-state index in [4.69, 9.17) is 9.47 Å². The molecule has 1 saturated heterocycles. The highest BCUT2D eigenvalue weighted by Crippen LogP contribution is 2.66. The predicted octanol–water partition coefficient (Wildman–Crippen LogP) is 6.11. The van der Waals surface area contributed by atoms with Crippen LogP contribution >= 0.6 is 0 Å². The van der Waals surface area contributed by atoms with E-state index in [1.165, 1.54) is 12.5 Å². The molecule has 5 nitrogen and oxygen atoms in total. The van der Waals surface area contributed by atoms with Gasteiger partial charge in [0, 0.05) is 18.9 Å². The van der Waals surface area contributed by atoms with Crippen molar-refractivity contribution in [3.8, 4) is 0 Å². The Morgan fingerprint density at radius 2 is 1.86 bits per heavy atom. The molecule has 3 saturated carbocycles. The van der Waals surface area contributed by atoms with Gasteiger partial charge in [-0.05, 0) is 106 Å². The molecule has 5 rings (SSSR count). The van der Waals surface area contributed by atoms with Gasteiger partial charge in [0.25, 0.3) is 0 Å². The fourth-order valence-electron chi connectivity index (χ4n) is 8.85. The molecule has 3 unspecified atom stereocenters. The van der Waals surface area contributed by atoms with Gasteiger partial charge in [-0.2, -0.15) is 13.2 Å². The fourth-order valence-corrected chi connectivity index (χ4v) is 8.85. The molecule has 208 valence electrons. The largest absolute Gasteiger partial charge is 0.416 e. The van der Waals surface area contributed by atoms with Crippen LogP contribution in [0.1, 0.15) is 91.4 Å². The van der Waals surface area contributed by atoms with Crippen LogP contribution in [0.25, 0.3) is 0 Å². The molecule has 1 N–H and O–H groups in total. The molecule has 0 aromatic heterocycles. The van der Waals surface area contributed by atoms with Crippen LogP contribution < -0.4 is 5.32 Å². The fraction of sp³-hybridized carbons (Fsp3) is 0.862. The van der Waals surface area contributed by atoms with Crippen molar-refractivity contribution >= 4 is 11.7 Å². The maximum absolute atomic E-state index is 13.9. The number of ether oxygens (including phenoxy) is 2. The molecule has 0 aromatic rings. The molecule has 9 atom stereocenters. The highest BCUT2D eigenvalue weighted by atomic mass is 19.4. The topological polar surface area (TPSA) is 64.6 Å². The first-order chi connectivity index (χ1) is 17.4. The van der Waals surface area contributed by atoms with Crippen LogP contribution in [0.5, 0.6) is 0 Å². The lowest BCUT2D eigenvalue weighted by atomic mass is 9.47. The third kappa shape index (κ3) is 4.90. The summed E-state index contributed by atoms with van der Waals surface area (Å²) in [6.07, 6.45) is 3.40. The molecule has 1 aliphatic heterocycles. The van der Waals surface area contributed by atoms with Gasteiger partial charge in [0.1, 0.15) is 0 Å². The Kier molecular flexibility index (Phi) is 7.32. The lowest BCUT2D eigenvalue weighted by Gasteiger charge is -2.58. The summed E-state index contributed by atoms with van der Waals surface area (Å²) in [5.41, 5.74) is 1.16. The zero-order valence-electron chi connectivity index (χ0n) is 22.4. The number of hydrogen-bond donors (Lipinski definition) is 1. The molecule has 8 heteroatoms. The maximum Gasteiger partial charge on any atom is 0.416 e. The van der Waals surface area contributed by atoms with Crippen molar-refractivity contribution in [3.05, 3.63) is 11.6 Å². The molecule has 0 aromatic carbocycles. The molecule has 1 amide bonds. The van der Waals surface area contributed by atoms with Gasteiger partial charge in [0.2, 0.25) is 5.91 Å². The van der Waals surface area contributed by atoms with Gasteiger partial charge in [-0.25, -0.2) is 0 Å². The quantitative estimate of drug-likeness (QED) is 0.470. The SMILES string of the molecule is CC(NC(=O)[C@H]1CC[C@H]2[C@@H]3CCC4=CC(=O)CC[C@]4(C)[C@H]3CC[C@]12C)C(OC1CCCCO1)C(F)(F)F. The Hall–Kier alpha value is -1.41. The normalized spacial score (nSPS) is 41.6. The van der Waals surface area contributed by atoms with E-state index in [1.54, 1.807) is 0 Å². The van der Waals surface area contributed by atoms with Crippen LogP contribution in [0.3, 0.4) is 0 Å². The molecule has 0 spiro atoms. The van der Waals surface area contributed by atoms with E-state index in [1.807, 2.05) is 6.08 Å². The van der Waals surface area contributed by atoms with Crippen LogP contribution in [0.4, 0.5) is 13.2 Å². The first-order valence-electron chi connectivity index (χ1n) is 14.3. The Balaban J connectivity index is 1.28. The van der Waals surface area contributed by atoms with Crippen molar-refractivity contribution in [2.45, 2.75) is 116 Å². The average Bonchev–Trinajstić information content (AvgIpc) is 3.20. The molecule has 1 heterocycles. The van der Waals surface area contributed by atoms with E-state index in [0.717, 1.165) is 51.4 Å². The summed E-state index contributed by atoms with van der Waals surface area (Å²) in [4.78, 5) is 25.6. The third-order valence-electron chi connectivity index (χ3n) is 10.9. The van der Waals surface area contributed by atoms with Gasteiger partial charge in [0.15, 0.2) is 18.2 Å². The second-order valence-electron chi connectivity index (χ2n) is 12.8. The van der Waals surface area contributed by atoms with Gasteiger partial charge < -0.3 is 14.8 Å². The maximum atomic E-state index is 13.9. The molecule has 4 aliphatic carbocycles. The third-order valence-corrected chi connectivity index (χ3v) is 10.9. The minimum Gasteiger partial charge on any atom is -0.353 e. The van der Waals surface area contributed by atoms with E-state index in [0.29, 0.717) is 43.6 Å². The smallest absolute Gasteiger partial charge is 0.353 e. The first kappa shape index (κ1) is 27.2. The van der Waals surface area contributed by atoms with Crippen molar-refractivity contribution in [3.63, 3.8) is 0 Å². The number of ketones is 1. The number of amides is 1. The lowest BCUT2D eigenvalue weighted by Crippen LogP contribution is -2.55. The van der Waals surface area contributed by atoms with Gasteiger partial charge in [-0.1, -0.05) is 19.4 Å². The second-order valence-corrected chi connectivity index (χ2v) is 12.8. The summed E-state index contributed by atoms with van der Waals surface area (Å²) < 4.78 is 52.5. The monoisotopic (exact) mass is 525 g/mol. The number of nitrogens with one attached hydrogen (secondary N) is 1. The number of fused-ring (bicyclic) bond motifs is 5. The molecule has 0 radical (unpaired) electrons.